The zero-order chi connectivity index (χ0) is 15.0. The lowest BCUT2D eigenvalue weighted by Gasteiger charge is -2.32. The average molecular weight is 309 g/mol. The largest absolute Gasteiger partial charge is 0.391 e. The van der Waals surface area contributed by atoms with Gasteiger partial charge in [-0.3, -0.25) is 0 Å². The number of piperidine rings is 1. The number of rotatable bonds is 2. The van der Waals surface area contributed by atoms with Crippen LogP contribution in [0.1, 0.15) is 12.8 Å². The van der Waals surface area contributed by atoms with Gasteiger partial charge < -0.3 is 5.73 Å². The summed E-state index contributed by atoms with van der Waals surface area (Å²) < 4.78 is 63.3. The van der Waals surface area contributed by atoms with Crippen LogP contribution in [0.4, 0.5) is 19.0 Å². The molecule has 1 fully saturated rings. The highest BCUT2D eigenvalue weighted by Crippen LogP contribution is 2.35. The highest BCUT2D eigenvalue weighted by atomic mass is 32.2. The van der Waals surface area contributed by atoms with E-state index in [0.29, 0.717) is 0 Å². The first-order valence-electron chi connectivity index (χ1n) is 6.00. The van der Waals surface area contributed by atoms with Crippen molar-refractivity contribution in [1.29, 1.82) is 0 Å². The van der Waals surface area contributed by atoms with Gasteiger partial charge >= 0.3 is 6.18 Å². The molecule has 0 spiro atoms. The molecular formula is C11H14F3N3O2S. The Morgan fingerprint density at radius 2 is 1.90 bits per heavy atom. The average Bonchev–Trinajstić information content (AvgIpc) is 2.38. The number of pyridine rings is 1. The highest BCUT2D eigenvalue weighted by molar-refractivity contribution is 7.89. The summed E-state index contributed by atoms with van der Waals surface area (Å²) in [5.41, 5.74) is 5.51. The summed E-state index contributed by atoms with van der Waals surface area (Å²) in [6, 6.07) is 2.72. The molecule has 0 radical (unpaired) electrons. The molecule has 5 nitrogen and oxygen atoms in total. The summed E-state index contributed by atoms with van der Waals surface area (Å²) in [6.45, 7) is -0.332. The lowest BCUT2D eigenvalue weighted by molar-refractivity contribution is -0.182. The van der Waals surface area contributed by atoms with Gasteiger partial charge in [0.25, 0.3) is 0 Å². The maximum Gasteiger partial charge on any atom is 0.391 e. The summed E-state index contributed by atoms with van der Waals surface area (Å²) >= 11 is 0. The molecule has 0 amide bonds. The third kappa shape index (κ3) is 2.88. The molecule has 1 aliphatic rings. The van der Waals surface area contributed by atoms with Gasteiger partial charge in [-0.15, -0.1) is 0 Å². The van der Waals surface area contributed by atoms with Crippen LogP contribution in [-0.2, 0) is 10.0 Å². The smallest absolute Gasteiger partial charge is 0.383 e. The van der Waals surface area contributed by atoms with E-state index in [1.54, 1.807) is 0 Å². The van der Waals surface area contributed by atoms with Crippen LogP contribution in [-0.4, -0.2) is 37.0 Å². The van der Waals surface area contributed by atoms with Crippen molar-refractivity contribution in [3.8, 4) is 0 Å². The third-order valence-corrected chi connectivity index (χ3v) is 5.28. The van der Waals surface area contributed by atoms with Gasteiger partial charge in [-0.05, 0) is 25.0 Å². The second-order valence-electron chi connectivity index (χ2n) is 4.61. The Kier molecular flexibility index (Phi) is 3.92. The van der Waals surface area contributed by atoms with Gasteiger partial charge in [0.1, 0.15) is 10.7 Å². The van der Waals surface area contributed by atoms with E-state index in [9.17, 15) is 21.6 Å². The summed E-state index contributed by atoms with van der Waals surface area (Å²) in [4.78, 5) is 3.52. The molecule has 0 bridgehead atoms. The van der Waals surface area contributed by atoms with E-state index in [1.807, 2.05) is 0 Å². The lowest BCUT2D eigenvalue weighted by Crippen LogP contribution is -2.42. The fourth-order valence-corrected chi connectivity index (χ4v) is 3.72. The van der Waals surface area contributed by atoms with Gasteiger partial charge in [0.15, 0.2) is 0 Å². The molecule has 0 unspecified atom stereocenters. The molecular weight excluding hydrogens is 295 g/mol. The Balaban J connectivity index is 2.16. The number of anilines is 1. The van der Waals surface area contributed by atoms with Crippen LogP contribution >= 0.6 is 0 Å². The first-order valence-corrected chi connectivity index (χ1v) is 7.44. The van der Waals surface area contributed by atoms with Crippen LogP contribution in [0.5, 0.6) is 0 Å². The fourth-order valence-electron chi connectivity index (χ4n) is 2.18. The number of aromatic nitrogens is 1. The second kappa shape index (κ2) is 5.21. The summed E-state index contributed by atoms with van der Waals surface area (Å²) in [5, 5.41) is 0. The molecule has 1 aromatic heterocycles. The van der Waals surface area contributed by atoms with Crippen molar-refractivity contribution in [3.63, 3.8) is 0 Å². The standard InChI is InChI=1S/C11H14F3N3O2S/c12-11(13,14)8-3-6-17(7-4-8)20(18,19)9-2-1-5-16-10(9)15/h1-2,5,8H,3-4,6-7H2,(H2,15,16). The van der Waals surface area contributed by atoms with Crippen LogP contribution in [0.25, 0.3) is 0 Å². The van der Waals surface area contributed by atoms with Gasteiger partial charge in [-0.25, -0.2) is 13.4 Å². The van der Waals surface area contributed by atoms with Crippen molar-refractivity contribution in [2.75, 3.05) is 18.8 Å². The van der Waals surface area contributed by atoms with E-state index in [1.165, 1.54) is 18.3 Å². The van der Waals surface area contributed by atoms with Crippen LogP contribution in [0.2, 0.25) is 0 Å². The van der Waals surface area contributed by atoms with Crippen LogP contribution < -0.4 is 5.73 Å². The number of sulfonamides is 1. The monoisotopic (exact) mass is 309 g/mol. The zero-order valence-electron chi connectivity index (χ0n) is 10.5. The minimum atomic E-state index is -4.27. The number of alkyl halides is 3. The summed E-state index contributed by atoms with van der Waals surface area (Å²) in [6.07, 6.45) is -3.39. The number of hydrogen-bond donors (Lipinski definition) is 1. The SMILES string of the molecule is Nc1ncccc1S(=O)(=O)N1CCC(C(F)(F)F)CC1. The summed E-state index contributed by atoms with van der Waals surface area (Å²) in [5.74, 6) is -1.59. The van der Waals surface area contributed by atoms with Crippen molar-refractivity contribution < 1.29 is 21.6 Å². The van der Waals surface area contributed by atoms with Gasteiger partial charge in [0, 0.05) is 19.3 Å². The van der Waals surface area contributed by atoms with Gasteiger partial charge in [0.2, 0.25) is 10.0 Å². The van der Waals surface area contributed by atoms with E-state index >= 15 is 0 Å². The normalized spacial score (nSPS) is 19.1. The molecule has 20 heavy (non-hydrogen) atoms. The highest BCUT2D eigenvalue weighted by Gasteiger charge is 2.43. The Bertz CT molecular complexity index is 581. The van der Waals surface area contributed by atoms with Gasteiger partial charge in [0.05, 0.1) is 5.92 Å². The Morgan fingerprint density at radius 1 is 1.30 bits per heavy atom. The van der Waals surface area contributed by atoms with Crippen molar-refractivity contribution in [1.82, 2.24) is 9.29 Å². The zero-order valence-corrected chi connectivity index (χ0v) is 11.3. The van der Waals surface area contributed by atoms with E-state index in [2.05, 4.69) is 4.98 Å². The molecule has 0 atom stereocenters. The maximum atomic E-state index is 12.6. The number of hydrogen-bond acceptors (Lipinski definition) is 4. The number of nitrogens with zero attached hydrogens (tertiary/aromatic N) is 2. The molecule has 9 heteroatoms. The molecule has 0 saturated carbocycles. The minimum Gasteiger partial charge on any atom is -0.383 e. The molecule has 1 saturated heterocycles. The van der Waals surface area contributed by atoms with Crippen molar-refractivity contribution in [2.24, 2.45) is 5.92 Å². The minimum absolute atomic E-state index is 0.148. The third-order valence-electron chi connectivity index (χ3n) is 3.33. The van der Waals surface area contributed by atoms with E-state index < -0.39 is 22.1 Å². The molecule has 2 rings (SSSR count). The molecule has 1 aromatic rings. The van der Waals surface area contributed by atoms with Gasteiger partial charge in [-0.2, -0.15) is 17.5 Å². The van der Waals surface area contributed by atoms with E-state index in [4.69, 9.17) is 5.73 Å². The topological polar surface area (TPSA) is 76.3 Å². The molecule has 2 heterocycles. The van der Waals surface area contributed by atoms with Crippen molar-refractivity contribution >= 4 is 15.8 Å². The van der Waals surface area contributed by atoms with Crippen LogP contribution in [0, 0.1) is 5.92 Å². The molecule has 2 N–H and O–H groups in total. The lowest BCUT2D eigenvalue weighted by atomic mass is 9.98. The van der Waals surface area contributed by atoms with Crippen LogP contribution in [0.3, 0.4) is 0 Å². The summed E-state index contributed by atoms with van der Waals surface area (Å²) in [7, 11) is -3.88. The molecule has 0 aromatic carbocycles. The Morgan fingerprint density at radius 3 is 2.40 bits per heavy atom. The predicted octanol–water partition coefficient (Wildman–Crippen LogP) is 1.63. The Hall–Kier alpha value is -1.35. The van der Waals surface area contributed by atoms with Crippen molar-refractivity contribution in [3.05, 3.63) is 18.3 Å². The van der Waals surface area contributed by atoms with Crippen LogP contribution in [0.15, 0.2) is 23.2 Å². The number of nitrogens with two attached hydrogens (primary N) is 1. The van der Waals surface area contributed by atoms with Crippen molar-refractivity contribution in [2.45, 2.75) is 23.9 Å². The second-order valence-corrected chi connectivity index (χ2v) is 6.51. The van der Waals surface area contributed by atoms with E-state index in [-0.39, 0.29) is 36.6 Å². The molecule has 0 aliphatic carbocycles. The quantitative estimate of drug-likeness (QED) is 0.901. The van der Waals surface area contributed by atoms with Gasteiger partial charge in [-0.1, -0.05) is 0 Å². The number of halogens is 3. The fraction of sp³-hybridized carbons (Fsp3) is 0.545. The maximum absolute atomic E-state index is 12.6. The first kappa shape index (κ1) is 15.0. The first-order chi connectivity index (χ1) is 9.23. The Labute approximate surface area is 114 Å². The molecule has 112 valence electrons. The number of nitrogen functional groups attached to an aromatic ring is 1. The van der Waals surface area contributed by atoms with E-state index in [0.717, 1.165) is 4.31 Å². The predicted molar refractivity (Wildman–Crippen MR) is 66.2 cm³/mol. The molecule has 1 aliphatic heterocycles.